The molecule has 2 N–H and O–H groups in total. The Kier molecular flexibility index (Phi) is 23.9. The van der Waals surface area contributed by atoms with Crippen LogP contribution in [0.25, 0.3) is 0 Å². The molecule has 0 aromatic rings. The summed E-state index contributed by atoms with van der Waals surface area (Å²) in [4.78, 5) is 0. The van der Waals surface area contributed by atoms with Gasteiger partial charge in [0.1, 0.15) is 0 Å². The fourth-order valence-electron chi connectivity index (χ4n) is 0. The van der Waals surface area contributed by atoms with E-state index < -0.39 is 21.6 Å². The fourth-order valence-corrected chi connectivity index (χ4v) is 0. The first kappa shape index (κ1) is 17.1. The van der Waals surface area contributed by atoms with Crippen LogP contribution in [-0.2, 0) is 0 Å². The maximum absolute atomic E-state index is 8.52. The van der Waals surface area contributed by atoms with Gasteiger partial charge in [-0.05, 0) is 0 Å². The van der Waals surface area contributed by atoms with Gasteiger partial charge in [-0.25, -0.2) is 0 Å². The summed E-state index contributed by atoms with van der Waals surface area (Å²) >= 11 is 0. The largest absolute Gasteiger partial charge is 0.321 e. The summed E-state index contributed by atoms with van der Waals surface area (Å²) < 4.78 is 47.9. The summed E-state index contributed by atoms with van der Waals surface area (Å²) in [6.45, 7) is 0. The molecular formula is H2BaCl2O6. The SMILES string of the molecule is [Ba].[O-][Cl+2]([O-])O.[O-][Cl+2]([O-])O. The van der Waals surface area contributed by atoms with Gasteiger partial charge >= 0.3 is 0 Å². The Balaban J connectivity index is -0.0000000720. The summed E-state index contributed by atoms with van der Waals surface area (Å²) in [5.74, 6) is 0. The van der Waals surface area contributed by atoms with E-state index in [9.17, 15) is 0 Å². The molecule has 0 saturated heterocycles. The average molecular weight is 306 g/mol. The molecule has 0 aliphatic rings. The summed E-state index contributed by atoms with van der Waals surface area (Å²) in [6, 6.07) is 0. The average Bonchev–Trinajstić information content (AvgIpc) is 1.25. The number of hydrogen-bond donors (Lipinski definition) is 2. The molecule has 0 spiro atoms. The molecule has 0 heterocycles. The topological polar surface area (TPSA) is 133 Å². The van der Waals surface area contributed by atoms with E-state index >= 15 is 0 Å². The van der Waals surface area contributed by atoms with Crippen molar-refractivity contribution in [3.05, 3.63) is 0 Å². The van der Waals surface area contributed by atoms with Crippen LogP contribution in [0.3, 0.4) is 0 Å². The van der Waals surface area contributed by atoms with Gasteiger partial charge in [-0.1, -0.05) is 0 Å². The van der Waals surface area contributed by atoms with Gasteiger partial charge in [-0.3, -0.25) is 0 Å². The van der Waals surface area contributed by atoms with Crippen molar-refractivity contribution in [3.8, 4) is 0 Å². The molecule has 0 unspecified atom stereocenters. The van der Waals surface area contributed by atoms with E-state index in [-0.39, 0.29) is 48.9 Å². The number of rotatable bonds is 0. The van der Waals surface area contributed by atoms with E-state index in [0.717, 1.165) is 0 Å². The van der Waals surface area contributed by atoms with Gasteiger partial charge in [0.2, 0.25) is 0 Å². The normalized spacial score (nSPS) is 8.00. The molecule has 0 aromatic heterocycles. The van der Waals surface area contributed by atoms with Crippen molar-refractivity contribution in [2.75, 3.05) is 0 Å². The second-order valence-corrected chi connectivity index (χ2v) is 1.21. The Morgan fingerprint density at radius 3 is 0.778 bits per heavy atom. The molecule has 2 radical (unpaired) electrons. The predicted octanol–water partition coefficient (Wildman–Crippen LogP) is -6.25. The van der Waals surface area contributed by atoms with E-state index in [1.54, 1.807) is 0 Å². The Bertz CT molecular complexity index is 26.5. The minimum Gasteiger partial charge on any atom is -0.321 e. The van der Waals surface area contributed by atoms with Crippen molar-refractivity contribution in [1.29, 1.82) is 0 Å². The zero-order valence-corrected chi connectivity index (χ0v) is 9.94. The second kappa shape index (κ2) is 12.6. The van der Waals surface area contributed by atoms with Crippen LogP contribution in [0.4, 0.5) is 0 Å². The fraction of sp³-hybridized carbons (Fsp3) is 0. The molecule has 0 aromatic carbocycles. The molecule has 6 nitrogen and oxygen atoms in total. The van der Waals surface area contributed by atoms with Gasteiger partial charge in [0.25, 0.3) is 21.6 Å². The summed E-state index contributed by atoms with van der Waals surface area (Å²) in [5.41, 5.74) is 0. The molecule has 0 saturated carbocycles. The predicted molar refractivity (Wildman–Crippen MR) is 10.2 cm³/mol. The standard InChI is InChI=1S/Ba.2ClHO3/c;2*2-1(3)4/h;2*2H. The van der Waals surface area contributed by atoms with E-state index in [0.29, 0.717) is 0 Å². The third-order valence-corrected chi connectivity index (χ3v) is 0. The molecule has 0 aliphatic heterocycles. The van der Waals surface area contributed by atoms with Crippen molar-refractivity contribution in [1.82, 2.24) is 0 Å². The van der Waals surface area contributed by atoms with Crippen molar-refractivity contribution in [2.45, 2.75) is 0 Å². The summed E-state index contributed by atoms with van der Waals surface area (Å²) in [5, 5.41) is 0. The summed E-state index contributed by atoms with van der Waals surface area (Å²) in [7, 11) is -5.20. The number of hydrogen-bond acceptors (Lipinski definition) is 6. The Hall–Kier alpha value is 1.91. The molecule has 0 amide bonds. The van der Waals surface area contributed by atoms with Crippen LogP contribution < -0.4 is 18.6 Å². The minimum atomic E-state index is -2.60. The molecule has 0 fully saturated rings. The summed E-state index contributed by atoms with van der Waals surface area (Å²) in [6.07, 6.45) is 0. The van der Waals surface area contributed by atoms with Crippen LogP contribution in [-0.4, -0.2) is 58.2 Å². The van der Waals surface area contributed by atoms with E-state index in [2.05, 4.69) is 0 Å². The van der Waals surface area contributed by atoms with Gasteiger partial charge in [0.05, 0.1) is 0 Å². The van der Waals surface area contributed by atoms with Crippen LogP contribution in [0.2, 0.25) is 0 Å². The quantitative estimate of drug-likeness (QED) is 0.428. The molecule has 0 bridgehead atoms. The molecular weight excluding hydrogens is 304 g/mol. The molecule has 9 heavy (non-hydrogen) atoms. The van der Waals surface area contributed by atoms with E-state index in [1.807, 2.05) is 0 Å². The Morgan fingerprint density at radius 1 is 0.778 bits per heavy atom. The molecule has 0 aliphatic carbocycles. The molecule has 54 valence electrons. The first-order valence-corrected chi connectivity index (χ1v) is 2.87. The Morgan fingerprint density at radius 2 is 0.778 bits per heavy atom. The van der Waals surface area contributed by atoms with Crippen molar-refractivity contribution in [2.24, 2.45) is 0 Å². The van der Waals surface area contributed by atoms with Crippen molar-refractivity contribution >= 4 is 48.9 Å². The number of halogens is 2. The van der Waals surface area contributed by atoms with Gasteiger partial charge in [0.15, 0.2) is 0 Å². The van der Waals surface area contributed by atoms with Gasteiger partial charge < -0.3 is 18.6 Å². The van der Waals surface area contributed by atoms with E-state index in [1.165, 1.54) is 0 Å². The van der Waals surface area contributed by atoms with Gasteiger partial charge in [-0.2, -0.15) is 0 Å². The molecule has 0 atom stereocenters. The van der Waals surface area contributed by atoms with Crippen molar-refractivity contribution in [3.63, 3.8) is 0 Å². The first-order chi connectivity index (χ1) is 3.46. The van der Waals surface area contributed by atoms with Crippen LogP contribution in [0.1, 0.15) is 0 Å². The van der Waals surface area contributed by atoms with Gasteiger partial charge in [-0.15, -0.1) is 0 Å². The minimum absolute atomic E-state index is 0. The first-order valence-electron chi connectivity index (χ1n) is 0.955. The van der Waals surface area contributed by atoms with Crippen LogP contribution in [0, 0.1) is 21.6 Å². The zero-order valence-electron chi connectivity index (χ0n) is 3.99. The second-order valence-electron chi connectivity index (χ2n) is 0.402. The zero-order chi connectivity index (χ0) is 7.15. The van der Waals surface area contributed by atoms with E-state index in [4.69, 9.17) is 28.0 Å². The molecule has 9 heteroatoms. The van der Waals surface area contributed by atoms with Crippen LogP contribution >= 0.6 is 0 Å². The smallest absolute Gasteiger partial charge is 0.282 e. The maximum atomic E-state index is 8.52. The van der Waals surface area contributed by atoms with Gasteiger partial charge in [0, 0.05) is 58.2 Å². The monoisotopic (exact) mass is 306 g/mol. The Labute approximate surface area is 97.0 Å². The third kappa shape index (κ3) is 170. The van der Waals surface area contributed by atoms with Crippen LogP contribution in [0.5, 0.6) is 0 Å². The van der Waals surface area contributed by atoms with Crippen LogP contribution in [0.15, 0.2) is 0 Å². The third-order valence-electron chi connectivity index (χ3n) is 0. The van der Waals surface area contributed by atoms with Crippen molar-refractivity contribution < 1.29 is 49.5 Å². The maximum Gasteiger partial charge on any atom is 0.282 e. The molecule has 0 rings (SSSR count).